The number of fused-ring (bicyclic) bond motifs is 3. The van der Waals surface area contributed by atoms with E-state index in [4.69, 9.17) is 4.98 Å². The fourth-order valence-electron chi connectivity index (χ4n) is 2.69. The molecule has 0 radical (unpaired) electrons. The first-order chi connectivity index (χ1) is 9.74. The molecule has 0 fully saturated rings. The summed E-state index contributed by atoms with van der Waals surface area (Å²) in [6.45, 7) is 2.19. The Kier molecular flexibility index (Phi) is 3.62. The Bertz CT molecular complexity index is 781. The molecule has 3 heteroatoms. The third kappa shape index (κ3) is 2.16. The Morgan fingerprint density at radius 2 is 1.90 bits per heavy atom. The number of anilines is 1. The number of hydrogen-bond acceptors (Lipinski definition) is 2. The minimum Gasteiger partial charge on any atom is -0.373 e. The number of nitrogens with one attached hydrogen (secondary N) is 1. The van der Waals surface area contributed by atoms with Gasteiger partial charge in [-0.3, -0.25) is 0 Å². The van der Waals surface area contributed by atoms with Crippen LogP contribution in [0.5, 0.6) is 0 Å². The van der Waals surface area contributed by atoms with E-state index in [9.17, 15) is 0 Å². The van der Waals surface area contributed by atoms with Gasteiger partial charge in [0.2, 0.25) is 0 Å². The molecule has 0 saturated heterocycles. The van der Waals surface area contributed by atoms with Gasteiger partial charge in [-0.25, -0.2) is 4.98 Å². The van der Waals surface area contributed by atoms with Gasteiger partial charge in [-0.05, 0) is 29.5 Å². The van der Waals surface area contributed by atoms with Crippen LogP contribution in [0, 0.1) is 0 Å². The average molecular weight is 329 g/mol. The second-order valence-electron chi connectivity index (χ2n) is 4.97. The summed E-state index contributed by atoms with van der Waals surface area (Å²) >= 11 is 3.67. The molecular weight excluding hydrogens is 312 g/mol. The van der Waals surface area contributed by atoms with Crippen molar-refractivity contribution in [2.45, 2.75) is 19.8 Å². The number of pyridine rings is 1. The van der Waals surface area contributed by atoms with E-state index >= 15 is 0 Å². The van der Waals surface area contributed by atoms with Crippen LogP contribution in [0.4, 0.5) is 5.82 Å². The van der Waals surface area contributed by atoms with Gasteiger partial charge in [0, 0.05) is 22.3 Å². The number of hydrogen-bond donors (Lipinski definition) is 1. The van der Waals surface area contributed by atoms with E-state index in [1.165, 1.54) is 21.7 Å². The summed E-state index contributed by atoms with van der Waals surface area (Å²) in [5, 5.41) is 6.82. The Hall–Kier alpha value is -1.61. The van der Waals surface area contributed by atoms with E-state index in [0.29, 0.717) is 0 Å². The van der Waals surface area contributed by atoms with Crippen molar-refractivity contribution in [3.8, 4) is 0 Å². The van der Waals surface area contributed by atoms with E-state index in [1.807, 2.05) is 7.05 Å². The fraction of sp³-hybridized carbons (Fsp3) is 0.235. The zero-order valence-corrected chi connectivity index (χ0v) is 13.3. The highest BCUT2D eigenvalue weighted by Crippen LogP contribution is 2.33. The lowest BCUT2D eigenvalue weighted by molar-refractivity contribution is 0.919. The molecule has 0 spiro atoms. The van der Waals surface area contributed by atoms with E-state index in [0.717, 1.165) is 28.6 Å². The highest BCUT2D eigenvalue weighted by molar-refractivity contribution is 9.10. The van der Waals surface area contributed by atoms with Crippen LogP contribution in [-0.2, 0) is 6.42 Å². The lowest BCUT2D eigenvalue weighted by Crippen LogP contribution is -1.99. The molecule has 1 N–H and O–H groups in total. The number of rotatable bonds is 3. The Morgan fingerprint density at radius 1 is 1.15 bits per heavy atom. The van der Waals surface area contributed by atoms with Crippen LogP contribution in [0.25, 0.3) is 21.7 Å². The number of benzene rings is 2. The van der Waals surface area contributed by atoms with E-state index in [2.05, 4.69) is 64.6 Å². The molecule has 0 unspecified atom stereocenters. The van der Waals surface area contributed by atoms with Gasteiger partial charge in [0.25, 0.3) is 0 Å². The lowest BCUT2D eigenvalue weighted by Gasteiger charge is -2.12. The summed E-state index contributed by atoms with van der Waals surface area (Å²) in [7, 11) is 1.94. The Labute approximate surface area is 127 Å². The van der Waals surface area contributed by atoms with Gasteiger partial charge in [-0.2, -0.15) is 0 Å². The molecule has 2 nitrogen and oxygen atoms in total. The molecule has 0 atom stereocenters. The topological polar surface area (TPSA) is 24.9 Å². The zero-order chi connectivity index (χ0) is 14.1. The first-order valence-corrected chi connectivity index (χ1v) is 7.72. The molecule has 102 valence electrons. The number of aromatic nitrogens is 1. The molecule has 2 aromatic carbocycles. The second-order valence-corrected chi connectivity index (χ2v) is 5.83. The number of nitrogens with zero attached hydrogens (tertiary/aromatic N) is 1. The molecule has 0 aliphatic carbocycles. The van der Waals surface area contributed by atoms with Crippen molar-refractivity contribution in [3.05, 3.63) is 46.4 Å². The maximum atomic E-state index is 4.85. The predicted molar refractivity (Wildman–Crippen MR) is 90.5 cm³/mol. The Balaban J connectivity index is 2.39. The van der Waals surface area contributed by atoms with Gasteiger partial charge < -0.3 is 5.32 Å². The van der Waals surface area contributed by atoms with Crippen LogP contribution in [0.15, 0.2) is 40.9 Å². The maximum absolute atomic E-state index is 4.85. The minimum atomic E-state index is 0.992. The van der Waals surface area contributed by atoms with Crippen LogP contribution in [0.2, 0.25) is 0 Å². The van der Waals surface area contributed by atoms with Crippen molar-refractivity contribution >= 4 is 43.4 Å². The van der Waals surface area contributed by atoms with Gasteiger partial charge in [0.05, 0.1) is 5.52 Å². The smallest absolute Gasteiger partial charge is 0.129 e. The molecular formula is C17H17BrN2. The molecule has 0 aliphatic heterocycles. The number of halogens is 1. The maximum Gasteiger partial charge on any atom is 0.129 e. The molecule has 0 bridgehead atoms. The van der Waals surface area contributed by atoms with Crippen molar-refractivity contribution in [2.75, 3.05) is 12.4 Å². The average Bonchev–Trinajstić information content (AvgIpc) is 2.47. The van der Waals surface area contributed by atoms with Crippen molar-refractivity contribution in [1.82, 2.24) is 4.98 Å². The van der Waals surface area contributed by atoms with Gasteiger partial charge in [-0.15, -0.1) is 0 Å². The normalized spacial score (nSPS) is 11.2. The second kappa shape index (κ2) is 5.41. The third-order valence-electron chi connectivity index (χ3n) is 3.61. The van der Waals surface area contributed by atoms with Gasteiger partial charge >= 0.3 is 0 Å². The number of aryl methyl sites for hydroxylation is 1. The molecule has 3 aromatic rings. The third-order valence-corrected chi connectivity index (χ3v) is 4.26. The summed E-state index contributed by atoms with van der Waals surface area (Å²) in [6.07, 6.45) is 2.17. The molecule has 1 aromatic heterocycles. The summed E-state index contributed by atoms with van der Waals surface area (Å²) in [6, 6.07) is 12.8. The zero-order valence-electron chi connectivity index (χ0n) is 11.7. The SMILES string of the molecule is CCCc1cc2cc(Br)c3ccccc3c2nc1NC. The largest absolute Gasteiger partial charge is 0.373 e. The molecule has 3 rings (SSSR count). The van der Waals surface area contributed by atoms with E-state index < -0.39 is 0 Å². The van der Waals surface area contributed by atoms with Crippen molar-refractivity contribution in [3.63, 3.8) is 0 Å². The highest BCUT2D eigenvalue weighted by Gasteiger charge is 2.10. The molecule has 20 heavy (non-hydrogen) atoms. The quantitative estimate of drug-likeness (QED) is 0.673. The first-order valence-electron chi connectivity index (χ1n) is 6.93. The monoisotopic (exact) mass is 328 g/mol. The fourth-order valence-corrected chi connectivity index (χ4v) is 3.28. The van der Waals surface area contributed by atoms with Gasteiger partial charge in [-0.1, -0.05) is 53.5 Å². The van der Waals surface area contributed by atoms with Crippen LogP contribution >= 0.6 is 15.9 Å². The van der Waals surface area contributed by atoms with Crippen molar-refractivity contribution < 1.29 is 0 Å². The van der Waals surface area contributed by atoms with Crippen LogP contribution in [0.3, 0.4) is 0 Å². The summed E-state index contributed by atoms with van der Waals surface area (Å²) in [5.41, 5.74) is 2.35. The lowest BCUT2D eigenvalue weighted by atomic mass is 10.0. The molecule has 0 saturated carbocycles. The first kappa shape index (κ1) is 13.4. The molecule has 0 aliphatic rings. The predicted octanol–water partition coefficient (Wildman–Crippen LogP) is 5.14. The van der Waals surface area contributed by atoms with Crippen molar-refractivity contribution in [2.24, 2.45) is 0 Å². The van der Waals surface area contributed by atoms with Crippen LogP contribution in [-0.4, -0.2) is 12.0 Å². The van der Waals surface area contributed by atoms with E-state index in [-0.39, 0.29) is 0 Å². The van der Waals surface area contributed by atoms with Crippen LogP contribution < -0.4 is 5.32 Å². The summed E-state index contributed by atoms with van der Waals surface area (Å²) in [4.78, 5) is 4.85. The van der Waals surface area contributed by atoms with E-state index in [1.54, 1.807) is 0 Å². The highest BCUT2D eigenvalue weighted by atomic mass is 79.9. The standard InChI is InChI=1S/C17H17BrN2/c1-3-6-11-9-12-10-15(18)13-7-4-5-8-14(13)16(12)20-17(11)19-2/h4-5,7-10H,3,6H2,1-2H3,(H,19,20). The van der Waals surface area contributed by atoms with Gasteiger partial charge in [0.1, 0.15) is 5.82 Å². The molecule has 1 heterocycles. The minimum absolute atomic E-state index is 0.992. The summed E-state index contributed by atoms with van der Waals surface area (Å²) in [5.74, 6) is 0.992. The molecule has 0 amide bonds. The van der Waals surface area contributed by atoms with Gasteiger partial charge in [0.15, 0.2) is 0 Å². The van der Waals surface area contributed by atoms with Crippen molar-refractivity contribution in [1.29, 1.82) is 0 Å². The Morgan fingerprint density at radius 3 is 2.60 bits per heavy atom. The van der Waals surface area contributed by atoms with Crippen LogP contribution in [0.1, 0.15) is 18.9 Å². The summed E-state index contributed by atoms with van der Waals surface area (Å²) < 4.78 is 1.13.